The molecular formula is C22H27N3O2. The molecule has 2 aromatic carbocycles. The number of nitrogens with zero attached hydrogens (tertiary/aromatic N) is 1. The molecule has 2 amide bonds. The van der Waals surface area contributed by atoms with Gasteiger partial charge in [-0.05, 0) is 37.5 Å². The van der Waals surface area contributed by atoms with E-state index in [9.17, 15) is 9.59 Å². The maximum absolute atomic E-state index is 12.7. The van der Waals surface area contributed by atoms with Crippen LogP contribution in [0.3, 0.4) is 0 Å². The Morgan fingerprint density at radius 2 is 1.74 bits per heavy atom. The van der Waals surface area contributed by atoms with Crippen LogP contribution in [0.25, 0.3) is 0 Å². The van der Waals surface area contributed by atoms with Crippen LogP contribution in [0.5, 0.6) is 0 Å². The van der Waals surface area contributed by atoms with Crippen molar-refractivity contribution in [1.29, 1.82) is 0 Å². The van der Waals surface area contributed by atoms with E-state index < -0.39 is 0 Å². The summed E-state index contributed by atoms with van der Waals surface area (Å²) in [5, 5.41) is 5.77. The van der Waals surface area contributed by atoms with Crippen molar-refractivity contribution in [2.45, 2.75) is 32.7 Å². The molecular weight excluding hydrogens is 338 g/mol. The lowest BCUT2D eigenvalue weighted by molar-refractivity contribution is -0.121. The summed E-state index contributed by atoms with van der Waals surface area (Å²) in [5.74, 6) is -0.181. The van der Waals surface area contributed by atoms with Crippen LogP contribution in [0.2, 0.25) is 0 Å². The predicted molar refractivity (Wildman–Crippen MR) is 108 cm³/mol. The van der Waals surface area contributed by atoms with E-state index in [2.05, 4.69) is 15.5 Å². The Morgan fingerprint density at radius 3 is 2.48 bits per heavy atom. The monoisotopic (exact) mass is 365 g/mol. The van der Waals surface area contributed by atoms with Gasteiger partial charge in [0.1, 0.15) is 0 Å². The fourth-order valence-corrected chi connectivity index (χ4v) is 3.34. The first-order valence-electron chi connectivity index (χ1n) is 9.58. The van der Waals surface area contributed by atoms with E-state index in [1.54, 1.807) is 0 Å². The van der Waals surface area contributed by atoms with E-state index in [-0.39, 0.29) is 18.2 Å². The van der Waals surface area contributed by atoms with Crippen LogP contribution in [0.1, 0.15) is 40.7 Å². The second kappa shape index (κ2) is 9.21. The number of carbonyl (C=O) groups is 2. The number of amides is 2. The fourth-order valence-electron chi connectivity index (χ4n) is 3.34. The van der Waals surface area contributed by atoms with Crippen molar-refractivity contribution in [2.24, 2.45) is 0 Å². The van der Waals surface area contributed by atoms with Crippen LogP contribution in [-0.4, -0.2) is 31.4 Å². The lowest BCUT2D eigenvalue weighted by Crippen LogP contribution is -2.31. The van der Waals surface area contributed by atoms with Crippen molar-refractivity contribution < 1.29 is 9.59 Å². The Morgan fingerprint density at radius 1 is 1.00 bits per heavy atom. The van der Waals surface area contributed by atoms with Crippen LogP contribution < -0.4 is 15.5 Å². The minimum Gasteiger partial charge on any atom is -0.371 e. The quantitative estimate of drug-likeness (QED) is 0.793. The Bertz CT molecular complexity index is 783. The van der Waals surface area contributed by atoms with Gasteiger partial charge >= 0.3 is 0 Å². The molecule has 1 aliphatic heterocycles. The van der Waals surface area contributed by atoms with Crippen LogP contribution >= 0.6 is 0 Å². The highest BCUT2D eigenvalue weighted by molar-refractivity contribution is 6.00. The highest BCUT2D eigenvalue weighted by Crippen LogP contribution is 2.25. The second-order valence-electron chi connectivity index (χ2n) is 6.98. The normalized spacial score (nSPS) is 13.4. The van der Waals surface area contributed by atoms with E-state index in [4.69, 9.17) is 0 Å². The number of hydrogen-bond acceptors (Lipinski definition) is 3. The molecule has 5 heteroatoms. The van der Waals surface area contributed by atoms with Gasteiger partial charge in [-0.25, -0.2) is 0 Å². The van der Waals surface area contributed by atoms with Crippen molar-refractivity contribution in [3.63, 3.8) is 0 Å². The van der Waals surface area contributed by atoms with Crippen molar-refractivity contribution in [2.75, 3.05) is 24.5 Å². The summed E-state index contributed by atoms with van der Waals surface area (Å²) >= 11 is 0. The third-order valence-corrected chi connectivity index (χ3v) is 4.81. The summed E-state index contributed by atoms with van der Waals surface area (Å²) in [5.41, 5.74) is 3.80. The molecule has 2 N–H and O–H groups in total. The summed E-state index contributed by atoms with van der Waals surface area (Å²) in [4.78, 5) is 26.9. The Kier molecular flexibility index (Phi) is 6.47. The first-order chi connectivity index (χ1) is 13.1. The van der Waals surface area contributed by atoms with Gasteiger partial charge in [0.2, 0.25) is 5.91 Å². The minimum atomic E-state index is -0.114. The van der Waals surface area contributed by atoms with E-state index >= 15 is 0 Å². The highest BCUT2D eigenvalue weighted by Gasteiger charge is 2.19. The van der Waals surface area contributed by atoms with Gasteiger partial charge in [-0.15, -0.1) is 0 Å². The lowest BCUT2D eigenvalue weighted by Gasteiger charge is -2.21. The average molecular weight is 365 g/mol. The van der Waals surface area contributed by atoms with Crippen molar-refractivity contribution in [1.82, 2.24) is 10.6 Å². The predicted octanol–water partition coefficient (Wildman–Crippen LogP) is 3.03. The molecule has 142 valence electrons. The number of anilines is 1. The number of rotatable bonds is 7. The van der Waals surface area contributed by atoms with Gasteiger partial charge < -0.3 is 15.5 Å². The van der Waals surface area contributed by atoms with Crippen molar-refractivity contribution in [3.8, 4) is 0 Å². The maximum Gasteiger partial charge on any atom is 0.253 e. The first kappa shape index (κ1) is 19.0. The molecule has 1 aliphatic rings. The lowest BCUT2D eigenvalue weighted by atomic mass is 10.1. The summed E-state index contributed by atoms with van der Waals surface area (Å²) < 4.78 is 0. The minimum absolute atomic E-state index is 0.0665. The molecule has 0 aromatic heterocycles. The fraction of sp³-hybridized carbons (Fsp3) is 0.364. The molecule has 2 aromatic rings. The Balaban J connectivity index is 1.50. The molecule has 0 unspecified atom stereocenters. The van der Waals surface area contributed by atoms with E-state index in [1.807, 2.05) is 55.5 Å². The molecule has 1 heterocycles. The molecule has 0 spiro atoms. The topological polar surface area (TPSA) is 61.4 Å². The zero-order chi connectivity index (χ0) is 19.1. The molecule has 0 bridgehead atoms. The molecule has 0 saturated carbocycles. The largest absolute Gasteiger partial charge is 0.371 e. The number of nitrogens with one attached hydrogen (secondary N) is 2. The molecule has 27 heavy (non-hydrogen) atoms. The molecule has 3 rings (SSSR count). The van der Waals surface area contributed by atoms with Crippen molar-refractivity contribution >= 4 is 17.5 Å². The molecule has 0 radical (unpaired) electrons. The van der Waals surface area contributed by atoms with Crippen LogP contribution in [0, 0.1) is 6.92 Å². The van der Waals surface area contributed by atoms with Gasteiger partial charge in [-0.3, -0.25) is 9.59 Å². The number of hydrogen-bond donors (Lipinski definition) is 2. The van der Waals surface area contributed by atoms with E-state index in [0.717, 1.165) is 42.7 Å². The van der Waals surface area contributed by atoms with Gasteiger partial charge in [0.25, 0.3) is 5.91 Å². The van der Waals surface area contributed by atoms with Gasteiger partial charge in [-0.1, -0.05) is 42.0 Å². The van der Waals surface area contributed by atoms with Crippen LogP contribution in [-0.2, 0) is 11.3 Å². The average Bonchev–Trinajstić information content (AvgIpc) is 3.21. The summed E-state index contributed by atoms with van der Waals surface area (Å²) in [6, 6.07) is 15.8. The Labute approximate surface area is 160 Å². The summed E-state index contributed by atoms with van der Waals surface area (Å²) in [7, 11) is 0. The number of carbonyl (C=O) groups excluding carboxylic acids is 2. The van der Waals surface area contributed by atoms with E-state index in [0.29, 0.717) is 18.7 Å². The molecule has 5 nitrogen and oxygen atoms in total. The smallest absolute Gasteiger partial charge is 0.253 e. The van der Waals surface area contributed by atoms with Gasteiger partial charge in [0.05, 0.1) is 5.56 Å². The van der Waals surface area contributed by atoms with Gasteiger partial charge in [0.15, 0.2) is 0 Å². The number of benzene rings is 2. The zero-order valence-electron chi connectivity index (χ0n) is 15.8. The molecule has 0 atom stereocenters. The summed E-state index contributed by atoms with van der Waals surface area (Å²) in [6.07, 6.45) is 2.59. The second-order valence-corrected chi connectivity index (χ2v) is 6.98. The standard InChI is InChI=1S/C22H27N3O2/c1-17-9-10-20(25-13-5-6-14-25)19(15-17)22(27)23-12-11-21(26)24-16-18-7-3-2-4-8-18/h2-4,7-10,15H,5-6,11-14,16H2,1H3,(H,23,27)(H,24,26). The zero-order valence-corrected chi connectivity index (χ0v) is 15.8. The molecule has 1 fully saturated rings. The maximum atomic E-state index is 12.7. The Hall–Kier alpha value is -2.82. The third-order valence-electron chi connectivity index (χ3n) is 4.81. The summed E-state index contributed by atoms with van der Waals surface area (Å²) in [6.45, 7) is 4.80. The molecule has 0 aliphatic carbocycles. The van der Waals surface area contributed by atoms with Crippen LogP contribution in [0.15, 0.2) is 48.5 Å². The first-order valence-corrected chi connectivity index (χ1v) is 9.58. The molecule has 1 saturated heterocycles. The van der Waals surface area contributed by atoms with Gasteiger partial charge in [-0.2, -0.15) is 0 Å². The van der Waals surface area contributed by atoms with E-state index in [1.165, 1.54) is 0 Å². The highest BCUT2D eigenvalue weighted by atomic mass is 16.2. The number of aryl methyl sites for hydroxylation is 1. The SMILES string of the molecule is Cc1ccc(N2CCCC2)c(C(=O)NCCC(=O)NCc2ccccc2)c1. The van der Waals surface area contributed by atoms with Crippen LogP contribution in [0.4, 0.5) is 5.69 Å². The van der Waals surface area contributed by atoms with Crippen molar-refractivity contribution in [3.05, 3.63) is 65.2 Å². The third kappa shape index (κ3) is 5.33. The van der Waals surface area contributed by atoms with Gasteiger partial charge in [0, 0.05) is 38.3 Å².